The molecule has 122 valence electrons. The number of aryl methyl sites for hydroxylation is 1. The van der Waals surface area contributed by atoms with Crippen LogP contribution in [0.25, 0.3) is 11.3 Å². The molecular weight excluding hydrogens is 316 g/mol. The minimum atomic E-state index is -0.844. The lowest BCUT2D eigenvalue weighted by Gasteiger charge is -2.24. The maximum absolute atomic E-state index is 10.9. The molecule has 23 heavy (non-hydrogen) atoms. The predicted octanol–water partition coefficient (Wildman–Crippen LogP) is 4.00. The Morgan fingerprint density at radius 2 is 1.91 bits per heavy atom. The maximum atomic E-state index is 10.9. The summed E-state index contributed by atoms with van der Waals surface area (Å²) < 4.78 is 5.91. The highest BCUT2D eigenvalue weighted by atomic mass is 35.5. The SMILES string of the molecule is O=C(O)CCc1oc(N2CCCCC2)nc1-c1ccc(Cl)cc1. The molecule has 0 unspecified atom stereocenters. The average Bonchev–Trinajstić information content (AvgIpc) is 2.99. The van der Waals surface area contributed by atoms with Crippen molar-refractivity contribution in [1.29, 1.82) is 0 Å². The van der Waals surface area contributed by atoms with Crippen molar-refractivity contribution in [2.45, 2.75) is 32.1 Å². The molecule has 5 nitrogen and oxygen atoms in total. The van der Waals surface area contributed by atoms with E-state index in [0.717, 1.165) is 31.5 Å². The van der Waals surface area contributed by atoms with Crippen molar-refractivity contribution in [2.75, 3.05) is 18.0 Å². The van der Waals surface area contributed by atoms with Crippen LogP contribution in [0.4, 0.5) is 6.01 Å². The number of aromatic nitrogens is 1. The van der Waals surface area contributed by atoms with Crippen molar-refractivity contribution >= 4 is 23.6 Å². The first-order valence-corrected chi connectivity index (χ1v) is 8.23. The van der Waals surface area contributed by atoms with Crippen LogP contribution in [-0.2, 0) is 11.2 Å². The van der Waals surface area contributed by atoms with E-state index in [1.165, 1.54) is 6.42 Å². The fraction of sp³-hybridized carbons (Fsp3) is 0.412. The van der Waals surface area contributed by atoms with Crippen LogP contribution in [0.1, 0.15) is 31.4 Å². The molecule has 1 aromatic heterocycles. The molecule has 1 saturated heterocycles. The van der Waals surface area contributed by atoms with E-state index in [9.17, 15) is 4.79 Å². The fourth-order valence-corrected chi connectivity index (χ4v) is 2.91. The number of benzene rings is 1. The summed E-state index contributed by atoms with van der Waals surface area (Å²) in [7, 11) is 0. The van der Waals surface area contributed by atoms with Crippen LogP contribution in [0.15, 0.2) is 28.7 Å². The van der Waals surface area contributed by atoms with Gasteiger partial charge in [0.1, 0.15) is 11.5 Å². The molecule has 0 atom stereocenters. The summed E-state index contributed by atoms with van der Waals surface area (Å²) in [5, 5.41) is 9.59. The number of hydrogen-bond donors (Lipinski definition) is 1. The van der Waals surface area contributed by atoms with Gasteiger partial charge in [0.25, 0.3) is 6.01 Å². The first-order chi connectivity index (χ1) is 11.1. The lowest BCUT2D eigenvalue weighted by molar-refractivity contribution is -0.137. The molecule has 0 radical (unpaired) electrons. The summed E-state index contributed by atoms with van der Waals surface area (Å²) in [6.45, 7) is 1.86. The van der Waals surface area contributed by atoms with Crippen LogP contribution >= 0.6 is 11.6 Å². The van der Waals surface area contributed by atoms with E-state index in [2.05, 4.69) is 9.88 Å². The molecule has 0 bridgehead atoms. The van der Waals surface area contributed by atoms with Crippen LogP contribution in [0, 0.1) is 0 Å². The average molecular weight is 335 g/mol. The zero-order chi connectivity index (χ0) is 16.2. The third kappa shape index (κ3) is 3.85. The number of halogens is 1. The van der Waals surface area contributed by atoms with E-state index in [-0.39, 0.29) is 6.42 Å². The molecule has 3 rings (SSSR count). The van der Waals surface area contributed by atoms with Gasteiger partial charge in [0.2, 0.25) is 0 Å². The van der Waals surface area contributed by atoms with Gasteiger partial charge in [0.15, 0.2) is 0 Å². The first-order valence-electron chi connectivity index (χ1n) is 7.86. The van der Waals surface area contributed by atoms with Gasteiger partial charge in [0, 0.05) is 30.1 Å². The van der Waals surface area contributed by atoms with Gasteiger partial charge in [-0.3, -0.25) is 4.79 Å². The zero-order valence-electron chi connectivity index (χ0n) is 12.8. The second kappa shape index (κ2) is 7.04. The molecular formula is C17H19ClN2O3. The van der Waals surface area contributed by atoms with E-state index < -0.39 is 5.97 Å². The third-order valence-corrected chi connectivity index (χ3v) is 4.25. The second-order valence-electron chi connectivity index (χ2n) is 5.72. The van der Waals surface area contributed by atoms with Crippen molar-refractivity contribution in [3.05, 3.63) is 35.0 Å². The van der Waals surface area contributed by atoms with Crippen LogP contribution in [0.3, 0.4) is 0 Å². The number of hydrogen-bond acceptors (Lipinski definition) is 4. The zero-order valence-corrected chi connectivity index (χ0v) is 13.6. The van der Waals surface area contributed by atoms with E-state index >= 15 is 0 Å². The lowest BCUT2D eigenvalue weighted by Crippen LogP contribution is -2.29. The van der Waals surface area contributed by atoms with Gasteiger partial charge in [-0.2, -0.15) is 4.98 Å². The van der Waals surface area contributed by atoms with E-state index in [0.29, 0.717) is 28.9 Å². The molecule has 1 aliphatic rings. The molecule has 2 aromatic rings. The number of anilines is 1. The Hall–Kier alpha value is -2.01. The Kier molecular flexibility index (Phi) is 4.86. The number of oxazole rings is 1. The minimum absolute atomic E-state index is 0.0230. The van der Waals surface area contributed by atoms with Gasteiger partial charge in [-0.1, -0.05) is 23.7 Å². The van der Waals surface area contributed by atoms with E-state index in [1.54, 1.807) is 12.1 Å². The highest BCUT2D eigenvalue weighted by Gasteiger charge is 2.21. The van der Waals surface area contributed by atoms with Crippen molar-refractivity contribution in [2.24, 2.45) is 0 Å². The summed E-state index contributed by atoms with van der Waals surface area (Å²) >= 11 is 5.94. The van der Waals surface area contributed by atoms with Crippen LogP contribution in [-0.4, -0.2) is 29.1 Å². The third-order valence-electron chi connectivity index (χ3n) is 4.00. The number of carboxylic acids is 1. The largest absolute Gasteiger partial charge is 0.481 e. The highest BCUT2D eigenvalue weighted by Crippen LogP contribution is 2.31. The number of rotatable bonds is 5. The number of carbonyl (C=O) groups is 1. The smallest absolute Gasteiger partial charge is 0.303 e. The second-order valence-corrected chi connectivity index (χ2v) is 6.15. The fourth-order valence-electron chi connectivity index (χ4n) is 2.78. The molecule has 6 heteroatoms. The Labute approximate surface area is 139 Å². The molecule has 1 fully saturated rings. The molecule has 0 saturated carbocycles. The van der Waals surface area contributed by atoms with Crippen LogP contribution in [0.2, 0.25) is 5.02 Å². The molecule has 0 aliphatic carbocycles. The highest BCUT2D eigenvalue weighted by molar-refractivity contribution is 6.30. The summed E-state index contributed by atoms with van der Waals surface area (Å²) in [5.41, 5.74) is 1.60. The quantitative estimate of drug-likeness (QED) is 0.895. The topological polar surface area (TPSA) is 66.6 Å². The molecule has 0 amide bonds. The van der Waals surface area contributed by atoms with E-state index in [1.807, 2.05) is 12.1 Å². The summed E-state index contributed by atoms with van der Waals surface area (Å²) in [6, 6.07) is 7.95. The summed E-state index contributed by atoms with van der Waals surface area (Å²) in [4.78, 5) is 17.7. The first kappa shape index (κ1) is 15.9. The lowest BCUT2D eigenvalue weighted by atomic mass is 10.1. The van der Waals surface area contributed by atoms with Crippen LogP contribution in [0.5, 0.6) is 0 Å². The molecule has 1 N–H and O–H groups in total. The number of nitrogens with zero attached hydrogens (tertiary/aromatic N) is 2. The standard InChI is InChI=1S/C17H19ClN2O3/c18-13-6-4-12(5-7-13)16-14(8-9-15(21)22)23-17(19-16)20-10-2-1-3-11-20/h4-7H,1-3,8-11H2,(H,21,22). The Balaban J connectivity index is 1.92. The molecule has 2 heterocycles. The Bertz CT molecular complexity index is 676. The van der Waals surface area contributed by atoms with Gasteiger partial charge >= 0.3 is 5.97 Å². The predicted molar refractivity (Wildman–Crippen MR) is 89.0 cm³/mol. The van der Waals surface area contributed by atoms with Crippen molar-refractivity contribution in [1.82, 2.24) is 4.98 Å². The van der Waals surface area contributed by atoms with Gasteiger partial charge in [-0.25, -0.2) is 0 Å². The van der Waals surface area contributed by atoms with Gasteiger partial charge in [-0.15, -0.1) is 0 Å². The molecule has 0 spiro atoms. The van der Waals surface area contributed by atoms with Crippen molar-refractivity contribution in [3.63, 3.8) is 0 Å². The Morgan fingerprint density at radius 1 is 1.22 bits per heavy atom. The van der Waals surface area contributed by atoms with E-state index in [4.69, 9.17) is 21.1 Å². The van der Waals surface area contributed by atoms with Gasteiger partial charge < -0.3 is 14.4 Å². The molecule has 1 aromatic carbocycles. The maximum Gasteiger partial charge on any atom is 0.303 e. The molecule has 1 aliphatic heterocycles. The minimum Gasteiger partial charge on any atom is -0.481 e. The Morgan fingerprint density at radius 3 is 2.57 bits per heavy atom. The number of carboxylic acid groups (broad SMARTS) is 1. The summed E-state index contributed by atoms with van der Waals surface area (Å²) in [6.07, 6.45) is 3.84. The van der Waals surface area contributed by atoms with Crippen molar-refractivity contribution in [3.8, 4) is 11.3 Å². The number of piperidine rings is 1. The monoisotopic (exact) mass is 334 g/mol. The number of aliphatic carboxylic acids is 1. The van der Waals surface area contributed by atoms with Crippen molar-refractivity contribution < 1.29 is 14.3 Å². The normalized spacial score (nSPS) is 14.9. The van der Waals surface area contributed by atoms with Gasteiger partial charge in [0.05, 0.1) is 6.42 Å². The summed E-state index contributed by atoms with van der Waals surface area (Å²) in [5.74, 6) is -0.224. The van der Waals surface area contributed by atoms with Gasteiger partial charge in [-0.05, 0) is 31.4 Å². The van der Waals surface area contributed by atoms with Crippen LogP contribution < -0.4 is 4.90 Å².